The monoisotopic (exact) mass is 169 g/mol. The van der Waals surface area contributed by atoms with Gasteiger partial charge in [-0.15, -0.1) is 12.4 Å². The van der Waals surface area contributed by atoms with E-state index in [1.165, 1.54) is 0 Å². The molecule has 0 aromatic heterocycles. The van der Waals surface area contributed by atoms with E-state index in [-0.39, 0.29) is 12.4 Å². The summed E-state index contributed by atoms with van der Waals surface area (Å²) in [6.07, 6.45) is 0.340. The van der Waals surface area contributed by atoms with E-state index in [2.05, 4.69) is 17.9 Å². The minimum atomic E-state index is 0. The van der Waals surface area contributed by atoms with Crippen molar-refractivity contribution in [3.63, 3.8) is 0 Å². The van der Waals surface area contributed by atoms with Crippen LogP contribution in [0.5, 0.6) is 0 Å². The van der Waals surface area contributed by atoms with Crippen LogP contribution in [0, 0.1) is 0 Å². The van der Waals surface area contributed by atoms with E-state index >= 15 is 0 Å². The van der Waals surface area contributed by atoms with Crippen LogP contribution in [0.4, 0.5) is 0 Å². The molecule has 1 aliphatic rings. The molecule has 9 heavy (non-hydrogen) atoms. The molecular formula is C5H12ClNOS. The van der Waals surface area contributed by atoms with Crippen LogP contribution in [-0.2, 0) is 4.74 Å². The van der Waals surface area contributed by atoms with Gasteiger partial charge in [-0.05, 0) is 0 Å². The van der Waals surface area contributed by atoms with Gasteiger partial charge in [-0.25, -0.2) is 0 Å². The first kappa shape index (κ1) is 9.56. The summed E-state index contributed by atoms with van der Waals surface area (Å²) >= 11 is 4.10. The first-order valence-electron chi connectivity index (χ1n) is 2.86. The lowest BCUT2D eigenvalue weighted by Gasteiger charge is -2.21. The van der Waals surface area contributed by atoms with Crippen LogP contribution in [0.15, 0.2) is 0 Å². The van der Waals surface area contributed by atoms with Crippen molar-refractivity contribution >= 4 is 25.0 Å². The maximum absolute atomic E-state index is 5.29. The second kappa shape index (κ2) is 5.35. The first-order valence-corrected chi connectivity index (χ1v) is 3.50. The van der Waals surface area contributed by atoms with Crippen molar-refractivity contribution in [3.05, 3.63) is 0 Å². The van der Waals surface area contributed by atoms with Gasteiger partial charge in [0.05, 0.1) is 12.7 Å². The Morgan fingerprint density at radius 2 is 2.44 bits per heavy atom. The Labute approximate surface area is 67.2 Å². The van der Waals surface area contributed by atoms with Gasteiger partial charge in [0.1, 0.15) is 0 Å². The number of morpholine rings is 1. The maximum Gasteiger partial charge on any atom is 0.0787 e. The highest BCUT2D eigenvalue weighted by Gasteiger charge is 2.09. The zero-order valence-electron chi connectivity index (χ0n) is 5.17. The van der Waals surface area contributed by atoms with E-state index in [4.69, 9.17) is 4.74 Å². The van der Waals surface area contributed by atoms with Crippen molar-refractivity contribution in [3.8, 4) is 0 Å². The fourth-order valence-corrected chi connectivity index (χ4v) is 0.971. The van der Waals surface area contributed by atoms with Gasteiger partial charge in [-0.2, -0.15) is 12.6 Å². The van der Waals surface area contributed by atoms with Crippen LogP contribution in [-0.4, -0.2) is 31.6 Å². The van der Waals surface area contributed by atoms with Gasteiger partial charge in [-0.1, -0.05) is 0 Å². The zero-order chi connectivity index (χ0) is 5.82. The molecule has 0 amide bonds. The molecule has 0 aromatic rings. The van der Waals surface area contributed by atoms with Crippen LogP contribution in [0.3, 0.4) is 0 Å². The Hall–Kier alpha value is 0.560. The summed E-state index contributed by atoms with van der Waals surface area (Å²) in [7, 11) is 0. The molecule has 0 bridgehead atoms. The normalized spacial score (nSPS) is 27.0. The molecule has 1 unspecified atom stereocenters. The summed E-state index contributed by atoms with van der Waals surface area (Å²) in [5, 5.41) is 3.21. The third-order valence-corrected chi connectivity index (χ3v) is 1.62. The second-order valence-electron chi connectivity index (χ2n) is 1.88. The Morgan fingerprint density at radius 1 is 1.67 bits per heavy atom. The minimum absolute atomic E-state index is 0. The van der Waals surface area contributed by atoms with E-state index < -0.39 is 0 Å². The highest BCUT2D eigenvalue weighted by atomic mass is 35.5. The van der Waals surface area contributed by atoms with E-state index in [1.807, 2.05) is 0 Å². The fourth-order valence-electron chi connectivity index (χ4n) is 0.737. The molecule has 1 atom stereocenters. The molecule has 1 aliphatic heterocycles. The number of halogens is 1. The number of thiol groups is 1. The number of ether oxygens (including phenoxy) is 1. The van der Waals surface area contributed by atoms with Crippen LogP contribution in [0.25, 0.3) is 0 Å². The third kappa shape index (κ3) is 3.30. The number of hydrogen-bond donors (Lipinski definition) is 2. The van der Waals surface area contributed by atoms with Gasteiger partial charge in [0.15, 0.2) is 0 Å². The third-order valence-electron chi connectivity index (χ3n) is 1.21. The summed E-state index contributed by atoms with van der Waals surface area (Å²) in [6, 6.07) is 0. The lowest BCUT2D eigenvalue weighted by Crippen LogP contribution is -2.39. The molecule has 1 rings (SSSR count). The molecule has 0 aromatic carbocycles. The molecule has 0 saturated carbocycles. The summed E-state index contributed by atoms with van der Waals surface area (Å²) < 4.78 is 5.29. The Balaban J connectivity index is 0.000000640. The van der Waals surface area contributed by atoms with Crippen molar-refractivity contribution in [1.29, 1.82) is 0 Å². The lowest BCUT2D eigenvalue weighted by molar-refractivity contribution is 0.0443. The molecule has 1 fully saturated rings. The lowest BCUT2D eigenvalue weighted by atomic mass is 10.3. The fraction of sp³-hybridized carbons (Fsp3) is 1.00. The van der Waals surface area contributed by atoms with Gasteiger partial charge in [0.25, 0.3) is 0 Å². The predicted molar refractivity (Wildman–Crippen MR) is 43.7 cm³/mol. The summed E-state index contributed by atoms with van der Waals surface area (Å²) in [4.78, 5) is 0. The maximum atomic E-state index is 5.29. The smallest absolute Gasteiger partial charge is 0.0787 e. The van der Waals surface area contributed by atoms with E-state index in [9.17, 15) is 0 Å². The molecule has 1 N–H and O–H groups in total. The van der Waals surface area contributed by atoms with Gasteiger partial charge in [0.2, 0.25) is 0 Å². The Bertz CT molecular complexity index is 68.0. The minimum Gasteiger partial charge on any atom is -0.375 e. The van der Waals surface area contributed by atoms with E-state index in [1.54, 1.807) is 0 Å². The molecular weight excluding hydrogens is 158 g/mol. The number of rotatable bonds is 1. The highest BCUT2D eigenvalue weighted by molar-refractivity contribution is 7.80. The van der Waals surface area contributed by atoms with Crippen LogP contribution >= 0.6 is 25.0 Å². The Kier molecular flexibility index (Phi) is 5.69. The summed E-state index contributed by atoms with van der Waals surface area (Å²) in [5.74, 6) is 0.826. The quantitative estimate of drug-likeness (QED) is 0.552. The van der Waals surface area contributed by atoms with Crippen molar-refractivity contribution < 1.29 is 4.74 Å². The molecule has 1 saturated heterocycles. The highest BCUT2D eigenvalue weighted by Crippen LogP contribution is 1.96. The van der Waals surface area contributed by atoms with Gasteiger partial charge >= 0.3 is 0 Å². The second-order valence-corrected chi connectivity index (χ2v) is 2.24. The van der Waals surface area contributed by atoms with Crippen molar-refractivity contribution in [2.45, 2.75) is 6.10 Å². The largest absolute Gasteiger partial charge is 0.375 e. The average molecular weight is 170 g/mol. The molecule has 4 heteroatoms. The van der Waals surface area contributed by atoms with Crippen molar-refractivity contribution in [2.24, 2.45) is 0 Å². The van der Waals surface area contributed by atoms with Crippen molar-refractivity contribution in [2.75, 3.05) is 25.4 Å². The molecule has 1 heterocycles. The SMILES string of the molecule is Cl.SCC1CNCCO1. The molecule has 2 nitrogen and oxygen atoms in total. The summed E-state index contributed by atoms with van der Waals surface area (Å²) in [6.45, 7) is 2.79. The molecule has 0 aliphatic carbocycles. The van der Waals surface area contributed by atoms with Gasteiger partial charge in [0, 0.05) is 18.8 Å². The van der Waals surface area contributed by atoms with Crippen LogP contribution in [0.1, 0.15) is 0 Å². The van der Waals surface area contributed by atoms with Crippen LogP contribution in [0.2, 0.25) is 0 Å². The van der Waals surface area contributed by atoms with E-state index in [0.717, 1.165) is 25.4 Å². The summed E-state index contributed by atoms with van der Waals surface area (Å²) in [5.41, 5.74) is 0. The van der Waals surface area contributed by atoms with Gasteiger partial charge < -0.3 is 10.1 Å². The molecule has 56 valence electrons. The topological polar surface area (TPSA) is 21.3 Å². The average Bonchev–Trinajstić information content (AvgIpc) is 1.90. The van der Waals surface area contributed by atoms with Crippen molar-refractivity contribution in [1.82, 2.24) is 5.32 Å². The van der Waals surface area contributed by atoms with E-state index in [0.29, 0.717) is 6.10 Å². The predicted octanol–water partition coefficient (Wildman–Crippen LogP) is 0.326. The first-order chi connectivity index (χ1) is 3.93. The Morgan fingerprint density at radius 3 is 2.78 bits per heavy atom. The van der Waals surface area contributed by atoms with Gasteiger partial charge in [-0.3, -0.25) is 0 Å². The molecule has 0 spiro atoms. The van der Waals surface area contributed by atoms with Crippen LogP contribution < -0.4 is 5.32 Å². The molecule has 0 radical (unpaired) electrons. The number of hydrogen-bond acceptors (Lipinski definition) is 3. The zero-order valence-corrected chi connectivity index (χ0v) is 6.88. The standard InChI is InChI=1S/C5H11NOS.ClH/c8-4-5-3-6-1-2-7-5;/h5-6,8H,1-4H2;1H. The number of nitrogens with one attached hydrogen (secondary N) is 1.